The molecule has 1 saturated carbocycles. The van der Waals surface area contributed by atoms with E-state index in [1.165, 1.54) is 32.1 Å². The molecule has 1 atom stereocenters. The zero-order chi connectivity index (χ0) is 17.8. The maximum absolute atomic E-state index is 12.7. The Hall–Kier alpha value is -1.47. The summed E-state index contributed by atoms with van der Waals surface area (Å²) in [5, 5.41) is 7.43. The lowest BCUT2D eigenvalue weighted by Gasteiger charge is -2.34. The molecule has 1 aliphatic carbocycles. The lowest BCUT2D eigenvalue weighted by Crippen LogP contribution is -2.32. The summed E-state index contributed by atoms with van der Waals surface area (Å²) in [7, 11) is -0.0509. The highest BCUT2D eigenvalue weighted by atomic mass is 32.2. The van der Waals surface area contributed by atoms with Crippen LogP contribution in [0.2, 0.25) is 0 Å². The van der Waals surface area contributed by atoms with Crippen molar-refractivity contribution in [1.29, 1.82) is 0 Å². The minimum absolute atomic E-state index is 0.0509. The van der Waals surface area contributed by atoms with E-state index in [4.69, 9.17) is 0 Å². The van der Waals surface area contributed by atoms with E-state index in [2.05, 4.69) is 31.6 Å². The molecule has 2 aliphatic rings. The van der Waals surface area contributed by atoms with Gasteiger partial charge in [-0.15, -0.1) is 10.7 Å². The lowest BCUT2D eigenvalue weighted by molar-refractivity contribution is 0.224. The number of hydrogen-bond donors (Lipinski definition) is 0. The Labute approximate surface area is 150 Å². The molecule has 1 fully saturated rings. The normalized spacial score (nSPS) is 20.0. The van der Waals surface area contributed by atoms with E-state index in [1.807, 2.05) is 12.1 Å². The molecule has 7 heteroatoms. The van der Waals surface area contributed by atoms with Gasteiger partial charge in [-0.2, -0.15) is 10.2 Å². The van der Waals surface area contributed by atoms with Gasteiger partial charge in [0.1, 0.15) is 5.71 Å². The number of hydrogen-bond acceptors (Lipinski definition) is 4. The van der Waals surface area contributed by atoms with Gasteiger partial charge in [0.05, 0.1) is 18.0 Å². The van der Waals surface area contributed by atoms with Crippen LogP contribution in [0.3, 0.4) is 0 Å². The van der Waals surface area contributed by atoms with Gasteiger partial charge in [0.25, 0.3) is 6.43 Å². The Balaban J connectivity index is 1.65. The van der Waals surface area contributed by atoms with Crippen molar-refractivity contribution in [1.82, 2.24) is 9.29 Å². The number of nitrogens with zero attached hydrogens (tertiary/aromatic N) is 4. The van der Waals surface area contributed by atoms with Crippen molar-refractivity contribution in [3.05, 3.63) is 29.6 Å². The van der Waals surface area contributed by atoms with Crippen molar-refractivity contribution in [2.45, 2.75) is 57.5 Å². The first-order valence-electron chi connectivity index (χ1n) is 8.63. The third-order valence-electron chi connectivity index (χ3n) is 4.76. The van der Waals surface area contributed by atoms with E-state index in [0.717, 1.165) is 17.8 Å². The van der Waals surface area contributed by atoms with Crippen LogP contribution in [-0.2, 0) is 6.54 Å². The molecular weight excluding hydrogens is 342 g/mol. The van der Waals surface area contributed by atoms with Crippen molar-refractivity contribution < 1.29 is 8.78 Å². The summed E-state index contributed by atoms with van der Waals surface area (Å²) in [6.07, 6.45) is 7.80. The van der Waals surface area contributed by atoms with Gasteiger partial charge in [-0.25, -0.2) is 13.1 Å². The number of rotatable bonds is 6. The quantitative estimate of drug-likeness (QED) is 0.705. The van der Waals surface area contributed by atoms with E-state index in [1.54, 1.807) is 6.20 Å². The summed E-state index contributed by atoms with van der Waals surface area (Å²) in [5.41, 5.74) is 2.13. The van der Waals surface area contributed by atoms with Crippen LogP contribution in [0.15, 0.2) is 28.5 Å². The average Bonchev–Trinajstić information content (AvgIpc) is 3.11. The predicted octanol–water partition coefficient (Wildman–Crippen LogP) is 4.28. The number of alkyl halides is 2. The smallest absolute Gasteiger partial charge is 0.259 e. The predicted molar refractivity (Wildman–Crippen MR) is 102 cm³/mol. The minimum atomic E-state index is -2.54. The van der Waals surface area contributed by atoms with Crippen LogP contribution in [0, 0.1) is 0 Å². The second-order valence-corrected chi connectivity index (χ2v) is 8.29. The molecule has 0 spiro atoms. The number of halogens is 2. The third-order valence-corrected chi connectivity index (χ3v) is 5.99. The molecule has 0 N–H and O–H groups in total. The molecule has 1 aliphatic heterocycles. The molecule has 0 bridgehead atoms. The van der Waals surface area contributed by atoms with Crippen molar-refractivity contribution in [3.63, 3.8) is 0 Å². The van der Waals surface area contributed by atoms with Gasteiger partial charge in [0.15, 0.2) is 0 Å². The fourth-order valence-electron chi connectivity index (χ4n) is 3.36. The highest BCUT2D eigenvalue weighted by Crippen LogP contribution is 2.30. The summed E-state index contributed by atoms with van der Waals surface area (Å²) in [5.74, 6) is 4.24. The molecule has 25 heavy (non-hydrogen) atoms. The van der Waals surface area contributed by atoms with Gasteiger partial charge in [0, 0.05) is 24.2 Å². The molecule has 0 amide bonds. The molecule has 0 saturated heterocycles. The highest BCUT2D eigenvalue weighted by molar-refractivity contribution is 8.11. The van der Waals surface area contributed by atoms with E-state index >= 15 is 0 Å². The number of pyridine rings is 1. The zero-order valence-corrected chi connectivity index (χ0v) is 15.3. The van der Waals surface area contributed by atoms with Crippen molar-refractivity contribution >= 4 is 28.0 Å². The van der Waals surface area contributed by atoms with Gasteiger partial charge < -0.3 is 0 Å². The molecule has 136 valence electrons. The third kappa shape index (κ3) is 4.58. The fraction of sp³-hybridized carbons (Fsp3) is 0.556. The summed E-state index contributed by atoms with van der Waals surface area (Å²) in [6.45, 7) is 0.777. The molecule has 1 unspecified atom stereocenters. The van der Waals surface area contributed by atoms with Crippen LogP contribution in [0.4, 0.5) is 8.78 Å². The molecule has 1 aromatic rings. The van der Waals surface area contributed by atoms with Crippen molar-refractivity contribution in [3.8, 4) is 0 Å². The van der Waals surface area contributed by atoms with E-state index < -0.39 is 6.43 Å². The SMILES string of the molecule is C=S(C)N(Cc1ccc(C2=NN=C(C(F)F)C2)cn1)C1CCCCC1. The molecule has 0 aromatic carbocycles. The lowest BCUT2D eigenvalue weighted by atomic mass is 9.95. The largest absolute Gasteiger partial charge is 0.278 e. The average molecular weight is 366 g/mol. The van der Waals surface area contributed by atoms with Gasteiger partial charge in [-0.1, -0.05) is 25.1 Å². The van der Waals surface area contributed by atoms with Crippen LogP contribution in [0.5, 0.6) is 0 Å². The second kappa shape index (κ2) is 8.27. The molecule has 1 aromatic heterocycles. The van der Waals surface area contributed by atoms with Crippen molar-refractivity contribution in [2.24, 2.45) is 10.2 Å². The maximum atomic E-state index is 12.7. The Kier molecular flexibility index (Phi) is 6.06. The maximum Gasteiger partial charge on any atom is 0.278 e. The Morgan fingerprint density at radius 3 is 2.56 bits per heavy atom. The Morgan fingerprint density at radius 1 is 1.24 bits per heavy atom. The van der Waals surface area contributed by atoms with Crippen LogP contribution in [-0.4, -0.2) is 45.3 Å². The summed E-state index contributed by atoms with van der Waals surface area (Å²) in [4.78, 5) is 4.53. The first kappa shape index (κ1) is 18.3. The van der Waals surface area contributed by atoms with Gasteiger partial charge in [-0.05, 0) is 31.2 Å². The Bertz CT molecular complexity index is 679. The van der Waals surface area contributed by atoms with Crippen LogP contribution in [0.25, 0.3) is 0 Å². The van der Waals surface area contributed by atoms with Gasteiger partial charge >= 0.3 is 0 Å². The first-order valence-corrected chi connectivity index (χ1v) is 10.4. The summed E-state index contributed by atoms with van der Waals surface area (Å²) < 4.78 is 27.8. The monoisotopic (exact) mass is 366 g/mol. The van der Waals surface area contributed by atoms with Crippen LogP contribution in [0.1, 0.15) is 49.8 Å². The molecule has 0 radical (unpaired) electrons. The topological polar surface area (TPSA) is 40.9 Å². The zero-order valence-electron chi connectivity index (χ0n) is 14.5. The highest BCUT2D eigenvalue weighted by Gasteiger charge is 2.23. The Morgan fingerprint density at radius 2 is 2.00 bits per heavy atom. The fourth-order valence-corrected chi connectivity index (χ4v) is 4.43. The van der Waals surface area contributed by atoms with E-state index in [0.29, 0.717) is 11.8 Å². The summed E-state index contributed by atoms with van der Waals surface area (Å²) in [6, 6.07) is 4.45. The first-order chi connectivity index (χ1) is 12.0. The minimum Gasteiger partial charge on any atom is -0.259 e. The standard InChI is InChI=1S/C18H24F2N4S/c1-25(2)24(15-6-4-3-5-7-15)12-14-9-8-13(11-21-14)16-10-17(18(19)20)23-22-16/h8-9,11,15,18H,1,3-7,10,12H2,2H3. The molecular formula is C18H24F2N4S. The van der Waals surface area contributed by atoms with Crippen molar-refractivity contribution in [2.75, 3.05) is 6.26 Å². The molecule has 3 rings (SSSR count). The number of aromatic nitrogens is 1. The van der Waals surface area contributed by atoms with E-state index in [9.17, 15) is 8.78 Å². The van der Waals surface area contributed by atoms with Crippen LogP contribution >= 0.6 is 10.7 Å². The second-order valence-electron chi connectivity index (χ2n) is 6.62. The van der Waals surface area contributed by atoms with Gasteiger partial charge in [-0.3, -0.25) is 4.98 Å². The van der Waals surface area contributed by atoms with Crippen LogP contribution < -0.4 is 0 Å². The molecule has 4 nitrogen and oxygen atoms in total. The summed E-state index contributed by atoms with van der Waals surface area (Å²) >= 11 is 0. The van der Waals surface area contributed by atoms with E-state index in [-0.39, 0.29) is 22.8 Å². The molecule has 2 heterocycles. The van der Waals surface area contributed by atoms with Gasteiger partial charge in [0.2, 0.25) is 0 Å².